The summed E-state index contributed by atoms with van der Waals surface area (Å²) in [7, 11) is 1.75. The van der Waals surface area contributed by atoms with E-state index in [0.717, 1.165) is 30.7 Å². The Bertz CT molecular complexity index is 466. The van der Waals surface area contributed by atoms with Crippen molar-refractivity contribution in [3.8, 4) is 5.75 Å². The Morgan fingerprint density at radius 1 is 1.30 bits per heavy atom. The number of benzene rings is 1. The molecule has 2 aliphatic rings. The molecular formula is C16H25ClN2O. The largest absolute Gasteiger partial charge is 0.496 e. The van der Waals surface area contributed by atoms with E-state index in [4.69, 9.17) is 10.5 Å². The van der Waals surface area contributed by atoms with Crippen LogP contribution >= 0.6 is 12.4 Å². The molecule has 2 N–H and O–H groups in total. The first-order chi connectivity index (χ1) is 9.17. The quantitative estimate of drug-likeness (QED) is 0.932. The number of halogens is 1. The number of rotatable bonds is 3. The lowest BCUT2D eigenvalue weighted by molar-refractivity contribution is 0.291. The number of ether oxygens (including phenoxy) is 1. The van der Waals surface area contributed by atoms with Crippen LogP contribution in [0.25, 0.3) is 0 Å². The number of aryl methyl sites for hydroxylation is 1. The second kappa shape index (κ2) is 6.33. The third-order valence-corrected chi connectivity index (χ3v) is 4.82. The van der Waals surface area contributed by atoms with E-state index in [-0.39, 0.29) is 12.4 Å². The zero-order valence-corrected chi connectivity index (χ0v) is 13.2. The van der Waals surface area contributed by atoms with Crippen molar-refractivity contribution in [3.05, 3.63) is 29.3 Å². The Balaban J connectivity index is 0.00000147. The highest BCUT2D eigenvalue weighted by Gasteiger charge is 2.40. The highest BCUT2D eigenvalue weighted by molar-refractivity contribution is 5.85. The molecule has 1 aliphatic heterocycles. The van der Waals surface area contributed by atoms with Crippen LogP contribution in [0.2, 0.25) is 0 Å². The van der Waals surface area contributed by atoms with Crippen molar-refractivity contribution < 1.29 is 4.74 Å². The number of likely N-dealkylation sites (tertiary alicyclic amines) is 1. The first-order valence-electron chi connectivity index (χ1n) is 7.29. The van der Waals surface area contributed by atoms with E-state index in [2.05, 4.69) is 30.0 Å². The summed E-state index contributed by atoms with van der Waals surface area (Å²) in [4.78, 5) is 2.55. The molecule has 20 heavy (non-hydrogen) atoms. The molecule has 1 saturated carbocycles. The SMILES string of the molecule is COc1ccc(C)cc1CN1CC2CCC(N)C2C1.Cl. The molecule has 3 rings (SSSR count). The van der Waals surface area contributed by atoms with Crippen LogP contribution in [0, 0.1) is 18.8 Å². The Morgan fingerprint density at radius 3 is 2.80 bits per heavy atom. The van der Waals surface area contributed by atoms with Crippen LogP contribution in [0.1, 0.15) is 24.0 Å². The van der Waals surface area contributed by atoms with Gasteiger partial charge in [0.2, 0.25) is 0 Å². The van der Waals surface area contributed by atoms with E-state index < -0.39 is 0 Å². The average molecular weight is 297 g/mol. The second-order valence-corrected chi connectivity index (χ2v) is 6.17. The minimum absolute atomic E-state index is 0. The molecule has 1 aliphatic carbocycles. The standard InChI is InChI=1S/C16H24N2O.ClH/c1-11-3-6-16(19-2)13(7-11)9-18-8-12-4-5-15(17)14(12)10-18;/h3,6-7,12,14-15H,4-5,8-10,17H2,1-2H3;1H. The highest BCUT2D eigenvalue weighted by atomic mass is 35.5. The van der Waals surface area contributed by atoms with Crippen molar-refractivity contribution in [1.82, 2.24) is 4.90 Å². The third-order valence-electron chi connectivity index (χ3n) is 4.82. The third kappa shape index (κ3) is 2.95. The van der Waals surface area contributed by atoms with Crippen molar-refractivity contribution >= 4 is 12.4 Å². The van der Waals surface area contributed by atoms with Gasteiger partial charge in [-0.25, -0.2) is 0 Å². The van der Waals surface area contributed by atoms with Gasteiger partial charge in [-0.1, -0.05) is 17.7 Å². The summed E-state index contributed by atoms with van der Waals surface area (Å²) in [5.74, 6) is 2.55. The van der Waals surface area contributed by atoms with Gasteiger partial charge in [0.05, 0.1) is 7.11 Å². The Kier molecular flexibility index (Phi) is 4.95. The lowest BCUT2D eigenvalue weighted by atomic mass is 9.98. The van der Waals surface area contributed by atoms with E-state index in [1.54, 1.807) is 7.11 Å². The zero-order chi connectivity index (χ0) is 13.4. The fourth-order valence-electron chi connectivity index (χ4n) is 3.80. The molecule has 1 heterocycles. The lowest BCUT2D eigenvalue weighted by Gasteiger charge is -2.20. The van der Waals surface area contributed by atoms with Gasteiger partial charge in [-0.05, 0) is 37.7 Å². The summed E-state index contributed by atoms with van der Waals surface area (Å²) in [6, 6.07) is 6.85. The van der Waals surface area contributed by atoms with E-state index in [1.165, 1.54) is 30.5 Å². The molecule has 0 spiro atoms. The van der Waals surface area contributed by atoms with Crippen molar-refractivity contribution in [2.24, 2.45) is 17.6 Å². The first kappa shape index (κ1) is 15.6. The smallest absolute Gasteiger partial charge is 0.123 e. The molecule has 2 fully saturated rings. The highest BCUT2D eigenvalue weighted by Crippen LogP contribution is 2.38. The monoisotopic (exact) mass is 296 g/mol. The molecule has 4 heteroatoms. The molecule has 0 bridgehead atoms. The van der Waals surface area contributed by atoms with Crippen LogP contribution in [-0.4, -0.2) is 31.1 Å². The number of methoxy groups -OCH3 is 1. The maximum absolute atomic E-state index is 6.20. The van der Waals surface area contributed by atoms with Gasteiger partial charge in [0.15, 0.2) is 0 Å². The summed E-state index contributed by atoms with van der Waals surface area (Å²) < 4.78 is 5.47. The summed E-state index contributed by atoms with van der Waals surface area (Å²) >= 11 is 0. The molecule has 0 aromatic heterocycles. The minimum Gasteiger partial charge on any atom is -0.496 e. The van der Waals surface area contributed by atoms with Crippen molar-refractivity contribution in [3.63, 3.8) is 0 Å². The second-order valence-electron chi connectivity index (χ2n) is 6.17. The van der Waals surface area contributed by atoms with Crippen molar-refractivity contribution in [1.29, 1.82) is 0 Å². The molecule has 1 saturated heterocycles. The van der Waals surface area contributed by atoms with Gasteiger partial charge >= 0.3 is 0 Å². The Hall–Kier alpha value is -0.770. The van der Waals surface area contributed by atoms with Gasteiger partial charge in [0.1, 0.15) is 5.75 Å². The minimum atomic E-state index is 0. The molecule has 112 valence electrons. The van der Waals surface area contributed by atoms with Gasteiger partial charge in [-0.3, -0.25) is 4.90 Å². The molecular weight excluding hydrogens is 272 g/mol. The molecule has 3 unspecified atom stereocenters. The van der Waals surface area contributed by atoms with Gasteiger partial charge in [-0.15, -0.1) is 12.4 Å². The Morgan fingerprint density at radius 2 is 2.10 bits per heavy atom. The van der Waals surface area contributed by atoms with Gasteiger partial charge in [-0.2, -0.15) is 0 Å². The number of hydrogen-bond acceptors (Lipinski definition) is 3. The fourth-order valence-corrected chi connectivity index (χ4v) is 3.80. The Labute approximate surface area is 127 Å². The van der Waals surface area contributed by atoms with E-state index in [9.17, 15) is 0 Å². The predicted molar refractivity (Wildman–Crippen MR) is 84.4 cm³/mol. The molecule has 0 radical (unpaired) electrons. The van der Waals surface area contributed by atoms with E-state index in [0.29, 0.717) is 6.04 Å². The van der Waals surface area contributed by atoms with Crippen LogP contribution in [0.4, 0.5) is 0 Å². The fraction of sp³-hybridized carbons (Fsp3) is 0.625. The zero-order valence-electron chi connectivity index (χ0n) is 12.3. The maximum Gasteiger partial charge on any atom is 0.123 e. The van der Waals surface area contributed by atoms with Crippen LogP contribution in [0.15, 0.2) is 18.2 Å². The molecule has 3 atom stereocenters. The summed E-state index contributed by atoms with van der Waals surface area (Å²) in [5, 5.41) is 0. The molecule has 3 nitrogen and oxygen atoms in total. The average Bonchev–Trinajstić information content (AvgIpc) is 2.92. The number of nitrogens with two attached hydrogens (primary N) is 1. The number of nitrogens with zero attached hydrogens (tertiary/aromatic N) is 1. The normalized spacial score (nSPS) is 29.1. The van der Waals surface area contributed by atoms with Crippen LogP contribution < -0.4 is 10.5 Å². The maximum atomic E-state index is 6.20. The number of fused-ring (bicyclic) bond motifs is 1. The van der Waals surface area contributed by atoms with E-state index >= 15 is 0 Å². The summed E-state index contributed by atoms with van der Waals surface area (Å²) in [5.41, 5.74) is 8.80. The van der Waals surface area contributed by atoms with Crippen molar-refractivity contribution in [2.45, 2.75) is 32.4 Å². The number of hydrogen-bond donors (Lipinski definition) is 1. The molecule has 1 aromatic carbocycles. The lowest BCUT2D eigenvalue weighted by Crippen LogP contribution is -2.30. The first-order valence-corrected chi connectivity index (χ1v) is 7.29. The summed E-state index contributed by atoms with van der Waals surface area (Å²) in [6.45, 7) is 5.49. The summed E-state index contributed by atoms with van der Waals surface area (Å²) in [6.07, 6.45) is 2.53. The van der Waals surface area contributed by atoms with Crippen LogP contribution in [0.3, 0.4) is 0 Å². The molecule has 1 aromatic rings. The van der Waals surface area contributed by atoms with E-state index in [1.807, 2.05) is 0 Å². The van der Waals surface area contributed by atoms with Crippen LogP contribution in [0.5, 0.6) is 5.75 Å². The predicted octanol–water partition coefficient (Wildman–Crippen LogP) is 2.59. The van der Waals surface area contributed by atoms with Gasteiger partial charge in [0.25, 0.3) is 0 Å². The van der Waals surface area contributed by atoms with Crippen LogP contribution in [-0.2, 0) is 6.54 Å². The van der Waals surface area contributed by atoms with Gasteiger partial charge < -0.3 is 10.5 Å². The van der Waals surface area contributed by atoms with Crippen molar-refractivity contribution in [2.75, 3.05) is 20.2 Å². The topological polar surface area (TPSA) is 38.5 Å². The molecule has 0 amide bonds. The van der Waals surface area contributed by atoms with Gasteiger partial charge in [0, 0.05) is 31.2 Å².